The quantitative estimate of drug-likeness (QED) is 0.178. The monoisotopic (exact) mass is 660 g/mol. The van der Waals surface area contributed by atoms with Gasteiger partial charge < -0.3 is 9.47 Å². The first-order valence-corrected chi connectivity index (χ1v) is 17.9. The fraction of sp³-hybridized carbons (Fsp3) is 0. The van der Waals surface area contributed by atoms with Gasteiger partial charge in [0, 0.05) is 33.5 Å². The first kappa shape index (κ1) is 28.9. The molecular formula is C50H32N2. The molecule has 0 amide bonds. The van der Waals surface area contributed by atoms with Gasteiger partial charge in [-0.1, -0.05) is 121 Å². The molecule has 1 heterocycles. The molecule has 0 saturated heterocycles. The van der Waals surface area contributed by atoms with Crippen LogP contribution in [0.1, 0.15) is 0 Å². The largest absolute Gasteiger partial charge is 0.311 e. The van der Waals surface area contributed by atoms with E-state index in [0.29, 0.717) is 0 Å². The highest BCUT2D eigenvalue weighted by Crippen LogP contribution is 2.50. The SMILES string of the molecule is c1ccc(N(c2ccccc2)c2ccc(-c3ccc(-n4c5cccc6c5c5c7c(cccc7ccc54)-c4cc5ccccc5cc4-6)cc3)cc2)cc1. The molecule has 0 atom stereocenters. The molecular weight excluding hydrogens is 629 g/mol. The van der Waals surface area contributed by atoms with E-state index in [1.807, 2.05) is 0 Å². The average molecular weight is 661 g/mol. The van der Waals surface area contributed by atoms with Gasteiger partial charge in [0.2, 0.25) is 0 Å². The minimum absolute atomic E-state index is 1.13. The topological polar surface area (TPSA) is 8.17 Å². The average Bonchev–Trinajstić information content (AvgIpc) is 3.50. The number of hydrogen-bond acceptors (Lipinski definition) is 1. The molecule has 1 aromatic heterocycles. The second-order valence-electron chi connectivity index (χ2n) is 13.7. The molecule has 0 bridgehead atoms. The Bertz CT molecular complexity index is 2940. The highest BCUT2D eigenvalue weighted by Gasteiger charge is 2.25. The predicted molar refractivity (Wildman–Crippen MR) is 220 cm³/mol. The highest BCUT2D eigenvalue weighted by molar-refractivity contribution is 6.30. The van der Waals surface area contributed by atoms with E-state index in [1.54, 1.807) is 0 Å². The van der Waals surface area contributed by atoms with Crippen molar-refractivity contribution in [2.45, 2.75) is 0 Å². The maximum Gasteiger partial charge on any atom is 0.0547 e. The van der Waals surface area contributed by atoms with Crippen molar-refractivity contribution < 1.29 is 0 Å². The summed E-state index contributed by atoms with van der Waals surface area (Å²) in [6, 6.07) is 70.8. The molecule has 0 unspecified atom stereocenters. The van der Waals surface area contributed by atoms with Crippen molar-refractivity contribution in [2.24, 2.45) is 0 Å². The van der Waals surface area contributed by atoms with Crippen molar-refractivity contribution in [3.63, 3.8) is 0 Å². The maximum absolute atomic E-state index is 2.46. The number of hydrogen-bond donors (Lipinski definition) is 0. The van der Waals surface area contributed by atoms with E-state index in [1.165, 1.54) is 76.7 Å². The van der Waals surface area contributed by atoms with Crippen molar-refractivity contribution in [3.05, 3.63) is 194 Å². The van der Waals surface area contributed by atoms with E-state index in [-0.39, 0.29) is 0 Å². The summed E-state index contributed by atoms with van der Waals surface area (Å²) in [7, 11) is 0. The van der Waals surface area contributed by atoms with E-state index >= 15 is 0 Å². The van der Waals surface area contributed by atoms with Gasteiger partial charge in [-0.2, -0.15) is 0 Å². The number of fused-ring (bicyclic) bond motifs is 4. The molecule has 0 saturated carbocycles. The molecule has 0 fully saturated rings. The fourth-order valence-electron chi connectivity index (χ4n) is 8.55. The van der Waals surface area contributed by atoms with Gasteiger partial charge >= 0.3 is 0 Å². The van der Waals surface area contributed by atoms with Crippen molar-refractivity contribution in [1.82, 2.24) is 4.57 Å². The van der Waals surface area contributed by atoms with Crippen LogP contribution in [0.25, 0.3) is 82.4 Å². The van der Waals surface area contributed by atoms with Gasteiger partial charge in [-0.05, 0) is 128 Å². The Kier molecular flexibility index (Phi) is 6.28. The van der Waals surface area contributed by atoms with Gasteiger partial charge in [0.05, 0.1) is 11.0 Å². The summed E-state index contributed by atoms with van der Waals surface area (Å²) in [4.78, 5) is 2.30. The van der Waals surface area contributed by atoms with E-state index < -0.39 is 0 Å². The molecule has 0 radical (unpaired) electrons. The molecule has 0 N–H and O–H groups in total. The minimum Gasteiger partial charge on any atom is -0.311 e. The van der Waals surface area contributed by atoms with Crippen LogP contribution in [0, 0.1) is 0 Å². The van der Waals surface area contributed by atoms with Gasteiger partial charge in [0.1, 0.15) is 0 Å². The zero-order chi connectivity index (χ0) is 34.2. The molecule has 1 aliphatic carbocycles. The van der Waals surface area contributed by atoms with E-state index in [0.717, 1.165) is 22.7 Å². The smallest absolute Gasteiger partial charge is 0.0547 e. The molecule has 1 aliphatic rings. The van der Waals surface area contributed by atoms with Crippen molar-refractivity contribution in [2.75, 3.05) is 4.90 Å². The fourth-order valence-corrected chi connectivity index (χ4v) is 8.55. The summed E-state index contributed by atoms with van der Waals surface area (Å²) in [5, 5.41) is 7.81. The number of anilines is 3. The number of rotatable bonds is 5. The summed E-state index contributed by atoms with van der Waals surface area (Å²) in [6.45, 7) is 0. The number of para-hydroxylation sites is 2. The van der Waals surface area contributed by atoms with Crippen LogP contribution < -0.4 is 4.90 Å². The molecule has 2 nitrogen and oxygen atoms in total. The molecule has 11 rings (SSSR count). The Balaban J connectivity index is 1.04. The molecule has 10 aromatic rings. The van der Waals surface area contributed by atoms with Gasteiger partial charge in [-0.15, -0.1) is 0 Å². The Morgan fingerprint density at radius 3 is 1.44 bits per heavy atom. The lowest BCUT2D eigenvalue weighted by Gasteiger charge is -2.25. The third-order valence-corrected chi connectivity index (χ3v) is 10.9. The minimum atomic E-state index is 1.13. The standard InChI is InChI=1S/C50H32N2/c1-3-14-38(15-4-1)51(39-16-5-2-6-17-39)40-26-21-33(22-27-40)34-23-28-41(29-24-34)52-46-20-10-19-43-45-32-37-12-8-7-11-36(37)31-44(45)42-18-9-13-35-25-30-47(52)50(48(35)42)49(43)46/h1-32H. The second kappa shape index (κ2) is 11.3. The van der Waals surface area contributed by atoms with E-state index in [4.69, 9.17) is 0 Å². The third kappa shape index (κ3) is 4.31. The summed E-state index contributed by atoms with van der Waals surface area (Å²) < 4.78 is 2.46. The summed E-state index contributed by atoms with van der Waals surface area (Å²) in [6.07, 6.45) is 0. The molecule has 0 spiro atoms. The molecule has 9 aromatic carbocycles. The lowest BCUT2D eigenvalue weighted by molar-refractivity contribution is 1.18. The zero-order valence-electron chi connectivity index (χ0n) is 28.4. The number of benzene rings is 9. The highest BCUT2D eigenvalue weighted by atomic mass is 15.1. The van der Waals surface area contributed by atoms with Crippen LogP contribution in [-0.2, 0) is 0 Å². The first-order chi connectivity index (χ1) is 25.8. The van der Waals surface area contributed by atoms with E-state index in [9.17, 15) is 0 Å². The Morgan fingerprint density at radius 2 is 0.808 bits per heavy atom. The third-order valence-electron chi connectivity index (χ3n) is 10.9. The van der Waals surface area contributed by atoms with Crippen LogP contribution in [-0.4, -0.2) is 4.57 Å². The Labute approximate surface area is 302 Å². The van der Waals surface area contributed by atoms with Crippen LogP contribution in [0.4, 0.5) is 17.1 Å². The van der Waals surface area contributed by atoms with Gasteiger partial charge in [0.15, 0.2) is 0 Å². The van der Waals surface area contributed by atoms with Crippen molar-refractivity contribution in [1.29, 1.82) is 0 Å². The maximum atomic E-state index is 2.46. The molecule has 242 valence electrons. The van der Waals surface area contributed by atoms with Gasteiger partial charge in [-0.3, -0.25) is 0 Å². The Morgan fingerprint density at radius 1 is 0.308 bits per heavy atom. The summed E-state index contributed by atoms with van der Waals surface area (Å²) in [5.74, 6) is 0. The molecule has 2 heteroatoms. The second-order valence-corrected chi connectivity index (χ2v) is 13.7. The van der Waals surface area contributed by atoms with Gasteiger partial charge in [-0.25, -0.2) is 0 Å². The first-order valence-electron chi connectivity index (χ1n) is 17.9. The van der Waals surface area contributed by atoms with Crippen LogP contribution in [0.5, 0.6) is 0 Å². The predicted octanol–water partition coefficient (Wildman–Crippen LogP) is 13.9. The molecule has 0 aliphatic heterocycles. The zero-order valence-corrected chi connectivity index (χ0v) is 28.4. The van der Waals surface area contributed by atoms with Crippen molar-refractivity contribution in [3.8, 4) is 39.1 Å². The number of nitrogens with zero attached hydrogens (tertiary/aromatic N) is 2. The lowest BCUT2D eigenvalue weighted by atomic mass is 9.91. The summed E-state index contributed by atoms with van der Waals surface area (Å²) >= 11 is 0. The Hall–Kier alpha value is -6.90. The van der Waals surface area contributed by atoms with E-state index in [2.05, 4.69) is 204 Å². The van der Waals surface area contributed by atoms with Crippen LogP contribution in [0.2, 0.25) is 0 Å². The number of aromatic nitrogens is 1. The van der Waals surface area contributed by atoms with Crippen molar-refractivity contribution >= 4 is 60.4 Å². The summed E-state index contributed by atoms with van der Waals surface area (Å²) in [5.41, 5.74) is 14.6. The lowest BCUT2D eigenvalue weighted by Crippen LogP contribution is -2.09. The van der Waals surface area contributed by atoms with Gasteiger partial charge in [0.25, 0.3) is 0 Å². The van der Waals surface area contributed by atoms with Crippen LogP contribution >= 0.6 is 0 Å². The normalized spacial score (nSPS) is 11.8. The van der Waals surface area contributed by atoms with Crippen LogP contribution in [0.3, 0.4) is 0 Å². The van der Waals surface area contributed by atoms with Crippen LogP contribution in [0.15, 0.2) is 194 Å². The molecule has 52 heavy (non-hydrogen) atoms.